The molecule has 2 aromatic carbocycles. The quantitative estimate of drug-likeness (QED) is 0.665. The molecule has 0 heterocycles. The summed E-state index contributed by atoms with van der Waals surface area (Å²) in [7, 11) is 0. The van der Waals surface area contributed by atoms with E-state index in [0.717, 1.165) is 0 Å². The number of hydrogen-bond donors (Lipinski definition) is 0. The first-order valence-corrected chi connectivity index (χ1v) is 5.43. The van der Waals surface area contributed by atoms with Crippen LogP contribution in [0.15, 0.2) is 54.6 Å². The van der Waals surface area contributed by atoms with Crippen LogP contribution in [-0.4, -0.2) is 0 Å². The van der Waals surface area contributed by atoms with Crippen LogP contribution in [0.25, 0.3) is 11.1 Å². The highest BCUT2D eigenvalue weighted by Crippen LogP contribution is 2.28. The van der Waals surface area contributed by atoms with Crippen molar-refractivity contribution in [2.24, 2.45) is 0 Å². The van der Waals surface area contributed by atoms with Gasteiger partial charge in [0, 0.05) is 0 Å². The van der Waals surface area contributed by atoms with Crippen molar-refractivity contribution in [1.29, 1.82) is 0 Å². The van der Waals surface area contributed by atoms with E-state index in [1.54, 1.807) is 0 Å². The zero-order chi connectivity index (χ0) is 10.7. The Bertz CT molecular complexity index is 432. The van der Waals surface area contributed by atoms with E-state index >= 15 is 0 Å². The molecule has 0 saturated heterocycles. The Morgan fingerprint density at radius 1 is 0.750 bits per heavy atom. The fourth-order valence-electron chi connectivity index (χ4n) is 1.88. The first kappa shape index (κ1) is 12.9. The minimum atomic E-state index is 0. The molecular formula is C15H19P. The van der Waals surface area contributed by atoms with E-state index in [1.807, 2.05) is 0 Å². The predicted molar refractivity (Wildman–Crippen MR) is 77.1 cm³/mol. The Morgan fingerprint density at radius 3 is 1.94 bits per heavy atom. The van der Waals surface area contributed by atoms with Gasteiger partial charge in [0.05, 0.1) is 0 Å². The molecular weight excluding hydrogens is 211 g/mol. The smallest absolute Gasteiger partial charge is 0.0149 e. The van der Waals surface area contributed by atoms with Crippen molar-refractivity contribution >= 4 is 9.90 Å². The van der Waals surface area contributed by atoms with Crippen LogP contribution in [0.3, 0.4) is 0 Å². The summed E-state index contributed by atoms with van der Waals surface area (Å²) in [6.07, 6.45) is 0. The molecule has 2 aromatic rings. The number of hydrogen-bond acceptors (Lipinski definition) is 0. The second-order valence-electron chi connectivity index (χ2n) is 4.11. The van der Waals surface area contributed by atoms with E-state index in [9.17, 15) is 0 Å². The van der Waals surface area contributed by atoms with Gasteiger partial charge in [0.25, 0.3) is 0 Å². The molecule has 0 aliphatic rings. The minimum absolute atomic E-state index is 0. The number of benzene rings is 2. The van der Waals surface area contributed by atoms with Gasteiger partial charge < -0.3 is 0 Å². The van der Waals surface area contributed by atoms with Crippen molar-refractivity contribution in [2.75, 3.05) is 0 Å². The first-order valence-electron chi connectivity index (χ1n) is 5.43. The van der Waals surface area contributed by atoms with Crippen molar-refractivity contribution in [2.45, 2.75) is 19.8 Å². The monoisotopic (exact) mass is 230 g/mol. The lowest BCUT2D eigenvalue weighted by molar-refractivity contribution is 0.869. The third kappa shape index (κ3) is 2.71. The number of rotatable bonds is 2. The summed E-state index contributed by atoms with van der Waals surface area (Å²) in [5.74, 6) is 0.571. The van der Waals surface area contributed by atoms with Crippen molar-refractivity contribution in [3.8, 4) is 11.1 Å². The van der Waals surface area contributed by atoms with Gasteiger partial charge in [-0.2, -0.15) is 9.90 Å². The van der Waals surface area contributed by atoms with Crippen LogP contribution < -0.4 is 0 Å². The van der Waals surface area contributed by atoms with Crippen molar-refractivity contribution in [3.63, 3.8) is 0 Å². The van der Waals surface area contributed by atoms with E-state index in [0.29, 0.717) is 5.92 Å². The summed E-state index contributed by atoms with van der Waals surface area (Å²) < 4.78 is 0. The van der Waals surface area contributed by atoms with Crippen LogP contribution in [0.1, 0.15) is 25.3 Å². The SMILES string of the molecule is CC(C)c1ccccc1-c1ccccc1.P. The van der Waals surface area contributed by atoms with E-state index in [2.05, 4.69) is 68.4 Å². The van der Waals surface area contributed by atoms with E-state index in [-0.39, 0.29) is 9.90 Å². The van der Waals surface area contributed by atoms with Crippen LogP contribution in [-0.2, 0) is 0 Å². The van der Waals surface area contributed by atoms with Crippen LogP contribution in [0.5, 0.6) is 0 Å². The lowest BCUT2D eigenvalue weighted by Gasteiger charge is -2.12. The van der Waals surface area contributed by atoms with Gasteiger partial charge in [-0.15, -0.1) is 0 Å². The maximum absolute atomic E-state index is 2.24. The summed E-state index contributed by atoms with van der Waals surface area (Å²) in [5, 5.41) is 0. The van der Waals surface area contributed by atoms with Crippen molar-refractivity contribution in [1.82, 2.24) is 0 Å². The van der Waals surface area contributed by atoms with Gasteiger partial charge in [-0.25, -0.2) is 0 Å². The second kappa shape index (κ2) is 5.82. The van der Waals surface area contributed by atoms with E-state index in [4.69, 9.17) is 0 Å². The minimum Gasteiger partial charge on any atom is -0.153 e. The Kier molecular flexibility index (Phi) is 4.71. The molecule has 0 aliphatic carbocycles. The lowest BCUT2D eigenvalue weighted by atomic mass is 9.93. The van der Waals surface area contributed by atoms with Gasteiger partial charge in [-0.3, -0.25) is 0 Å². The van der Waals surface area contributed by atoms with Crippen LogP contribution in [0, 0.1) is 0 Å². The molecule has 0 fully saturated rings. The Balaban J connectivity index is 0.00000128. The maximum atomic E-state index is 2.24. The van der Waals surface area contributed by atoms with E-state index in [1.165, 1.54) is 16.7 Å². The van der Waals surface area contributed by atoms with Gasteiger partial charge in [-0.05, 0) is 22.6 Å². The molecule has 0 bridgehead atoms. The molecule has 0 nitrogen and oxygen atoms in total. The average Bonchev–Trinajstić information content (AvgIpc) is 2.30. The Hall–Kier alpha value is -1.13. The van der Waals surface area contributed by atoms with Gasteiger partial charge in [0.15, 0.2) is 0 Å². The Labute approximate surface area is 101 Å². The Morgan fingerprint density at radius 2 is 1.31 bits per heavy atom. The summed E-state index contributed by atoms with van der Waals surface area (Å²) in [6, 6.07) is 19.2. The maximum Gasteiger partial charge on any atom is -0.0149 e. The largest absolute Gasteiger partial charge is 0.153 e. The van der Waals surface area contributed by atoms with Gasteiger partial charge in [0.2, 0.25) is 0 Å². The summed E-state index contributed by atoms with van der Waals surface area (Å²) in [6.45, 7) is 4.48. The van der Waals surface area contributed by atoms with Gasteiger partial charge in [0.1, 0.15) is 0 Å². The van der Waals surface area contributed by atoms with Crippen molar-refractivity contribution < 1.29 is 0 Å². The molecule has 0 aromatic heterocycles. The topological polar surface area (TPSA) is 0 Å². The lowest BCUT2D eigenvalue weighted by Crippen LogP contribution is -1.91. The fraction of sp³-hybridized carbons (Fsp3) is 0.200. The first-order chi connectivity index (χ1) is 7.29. The zero-order valence-electron chi connectivity index (χ0n) is 9.98. The van der Waals surface area contributed by atoms with Crippen LogP contribution >= 0.6 is 9.90 Å². The predicted octanol–water partition coefficient (Wildman–Crippen LogP) is 4.54. The molecule has 0 radical (unpaired) electrons. The average molecular weight is 230 g/mol. The molecule has 0 amide bonds. The molecule has 84 valence electrons. The molecule has 2 rings (SSSR count). The summed E-state index contributed by atoms with van der Waals surface area (Å²) in [5.41, 5.74) is 4.08. The van der Waals surface area contributed by atoms with E-state index < -0.39 is 0 Å². The fourth-order valence-corrected chi connectivity index (χ4v) is 1.88. The third-order valence-electron chi connectivity index (χ3n) is 2.67. The normalized spacial score (nSPS) is 9.94. The molecule has 0 aliphatic heterocycles. The molecule has 0 N–H and O–H groups in total. The third-order valence-corrected chi connectivity index (χ3v) is 2.67. The molecule has 0 saturated carbocycles. The van der Waals surface area contributed by atoms with Crippen LogP contribution in [0.4, 0.5) is 0 Å². The standard InChI is InChI=1S/C15H16.H3P/c1-12(2)14-10-6-7-11-15(14)13-8-4-3-5-9-13;/h3-12H,1-2H3;1H3. The molecule has 1 heteroatoms. The van der Waals surface area contributed by atoms with Crippen molar-refractivity contribution in [3.05, 3.63) is 60.2 Å². The van der Waals surface area contributed by atoms with Gasteiger partial charge >= 0.3 is 0 Å². The summed E-state index contributed by atoms with van der Waals surface area (Å²) >= 11 is 0. The van der Waals surface area contributed by atoms with Gasteiger partial charge in [-0.1, -0.05) is 68.4 Å². The molecule has 16 heavy (non-hydrogen) atoms. The highest BCUT2D eigenvalue weighted by Gasteiger charge is 2.06. The molecule has 1 atom stereocenters. The highest BCUT2D eigenvalue weighted by atomic mass is 31.0. The van der Waals surface area contributed by atoms with Crippen LogP contribution in [0.2, 0.25) is 0 Å². The molecule has 1 unspecified atom stereocenters. The second-order valence-corrected chi connectivity index (χ2v) is 4.11. The highest BCUT2D eigenvalue weighted by molar-refractivity contribution is 6.92. The summed E-state index contributed by atoms with van der Waals surface area (Å²) in [4.78, 5) is 0. The molecule has 0 spiro atoms. The zero-order valence-corrected chi connectivity index (χ0v) is 11.4.